The van der Waals surface area contributed by atoms with Crippen LogP contribution in [0, 0.1) is 9.39 Å². The van der Waals surface area contributed by atoms with Gasteiger partial charge in [-0.2, -0.15) is 8.42 Å². The summed E-state index contributed by atoms with van der Waals surface area (Å²) in [5.74, 6) is -1.38. The van der Waals surface area contributed by atoms with Gasteiger partial charge >= 0.3 is 10.2 Å². The molecule has 0 aromatic heterocycles. The van der Waals surface area contributed by atoms with Crippen molar-refractivity contribution in [3.05, 3.63) is 26.5 Å². The van der Waals surface area contributed by atoms with Crippen LogP contribution in [0.3, 0.4) is 0 Å². The number of carbonyl (C=O) groups excluding carboxylic acids is 1. The van der Waals surface area contributed by atoms with Crippen molar-refractivity contribution in [3.8, 4) is 0 Å². The number of amides is 1. The monoisotopic (exact) mass is 421 g/mol. The maximum atomic E-state index is 13.8. The topological polar surface area (TPSA) is 54.5 Å². The predicted molar refractivity (Wildman–Crippen MR) is 74.9 cm³/mol. The van der Waals surface area contributed by atoms with Gasteiger partial charge in [-0.15, -0.1) is 3.89 Å². The van der Waals surface area contributed by atoms with Crippen molar-refractivity contribution in [2.24, 2.45) is 0 Å². The van der Waals surface area contributed by atoms with Gasteiger partial charge in [0.15, 0.2) is 0 Å². The summed E-state index contributed by atoms with van der Waals surface area (Å²) in [7, 11) is -4.82. The average molecular weight is 422 g/mol. The normalized spacial score (nSPS) is 20.1. The highest BCUT2D eigenvalue weighted by Crippen LogP contribution is 2.33. The molecule has 0 N–H and O–H groups in total. The Morgan fingerprint density at radius 1 is 1.42 bits per heavy atom. The third kappa shape index (κ3) is 3.00. The molecule has 1 atom stereocenters. The van der Waals surface area contributed by atoms with E-state index in [0.29, 0.717) is 3.57 Å². The fourth-order valence-corrected chi connectivity index (χ4v) is 3.81. The van der Waals surface area contributed by atoms with Gasteiger partial charge in [-0.25, -0.2) is 4.39 Å². The lowest BCUT2D eigenvalue weighted by atomic mass is 10.3. The molecule has 9 heteroatoms. The summed E-state index contributed by atoms with van der Waals surface area (Å²) in [4.78, 5) is 12.7. The van der Waals surface area contributed by atoms with Crippen LogP contribution in [0.2, 0.25) is 5.02 Å². The minimum absolute atomic E-state index is 0.0684. The zero-order valence-electron chi connectivity index (χ0n) is 9.24. The summed E-state index contributed by atoms with van der Waals surface area (Å²) >= 11 is 7.44. The number of hydrogen-bond donors (Lipinski definition) is 0. The van der Waals surface area contributed by atoms with Crippen LogP contribution in [0.1, 0.15) is 6.42 Å². The highest BCUT2D eigenvalue weighted by atomic mass is 127. The van der Waals surface area contributed by atoms with Crippen LogP contribution in [0.15, 0.2) is 12.1 Å². The molecule has 4 nitrogen and oxygen atoms in total. The molecule has 1 aliphatic rings. The molecule has 2 rings (SSSR count). The second kappa shape index (κ2) is 5.13. The first kappa shape index (κ1) is 14.9. The third-order valence-electron chi connectivity index (χ3n) is 2.74. The van der Waals surface area contributed by atoms with Gasteiger partial charge in [0.05, 0.1) is 5.69 Å². The van der Waals surface area contributed by atoms with E-state index in [0.717, 1.165) is 11.0 Å². The Kier molecular flexibility index (Phi) is 4.03. The van der Waals surface area contributed by atoms with E-state index in [4.69, 9.17) is 11.6 Å². The Labute approximate surface area is 127 Å². The fraction of sp³-hybridized carbons (Fsp3) is 0.300. The van der Waals surface area contributed by atoms with Crippen LogP contribution in [0.25, 0.3) is 0 Å². The van der Waals surface area contributed by atoms with Crippen LogP contribution < -0.4 is 4.90 Å². The minimum Gasteiger partial charge on any atom is -0.307 e. The minimum atomic E-state index is -4.82. The second-order valence-electron chi connectivity index (χ2n) is 4.02. The van der Waals surface area contributed by atoms with E-state index in [9.17, 15) is 21.5 Å². The van der Waals surface area contributed by atoms with Crippen LogP contribution in [-0.4, -0.2) is 26.1 Å². The summed E-state index contributed by atoms with van der Waals surface area (Å²) in [6, 6.07) is 2.45. The third-order valence-corrected chi connectivity index (χ3v) is 4.89. The van der Waals surface area contributed by atoms with Gasteiger partial charge in [0.25, 0.3) is 0 Å². The zero-order chi connectivity index (χ0) is 14.4. The molecule has 1 heterocycles. The Morgan fingerprint density at radius 3 is 2.53 bits per heavy atom. The Balaban J connectivity index is 2.42. The largest absolute Gasteiger partial charge is 0.307 e. The maximum absolute atomic E-state index is 13.8. The fourth-order valence-electron chi connectivity index (χ4n) is 1.87. The lowest BCUT2D eigenvalue weighted by Crippen LogP contribution is -2.28. The van der Waals surface area contributed by atoms with Gasteiger partial charge in [0, 0.05) is 21.6 Å². The Bertz CT molecular complexity index is 629. The van der Waals surface area contributed by atoms with Gasteiger partial charge in [0.1, 0.15) is 11.1 Å². The molecule has 0 radical (unpaired) electrons. The van der Waals surface area contributed by atoms with E-state index in [1.807, 2.05) is 0 Å². The molecule has 1 saturated heterocycles. The Morgan fingerprint density at radius 2 is 2.05 bits per heavy atom. The van der Waals surface area contributed by atoms with E-state index < -0.39 is 40.2 Å². The van der Waals surface area contributed by atoms with Crippen LogP contribution in [-0.2, 0) is 15.0 Å². The Hall–Kier alpha value is -0.480. The SMILES string of the molecule is O=C1CC(S(=O)(=O)F)CN1c1c(F)cc(Cl)cc1I. The van der Waals surface area contributed by atoms with Crippen molar-refractivity contribution in [2.45, 2.75) is 11.7 Å². The summed E-state index contributed by atoms with van der Waals surface area (Å²) in [5.41, 5.74) is -0.0684. The molecule has 0 spiro atoms. The highest BCUT2D eigenvalue weighted by molar-refractivity contribution is 14.1. The van der Waals surface area contributed by atoms with Crippen molar-refractivity contribution in [1.29, 1.82) is 0 Å². The van der Waals surface area contributed by atoms with Crippen LogP contribution in [0.4, 0.5) is 14.0 Å². The quantitative estimate of drug-likeness (QED) is 0.545. The molecule has 0 aliphatic carbocycles. The van der Waals surface area contributed by atoms with Crippen LogP contribution in [0.5, 0.6) is 0 Å². The summed E-state index contributed by atoms with van der Waals surface area (Å²) in [5, 5.41) is -1.29. The summed E-state index contributed by atoms with van der Waals surface area (Å²) < 4.78 is 48.7. The summed E-state index contributed by atoms with van der Waals surface area (Å²) in [6.45, 7) is -0.397. The van der Waals surface area contributed by atoms with E-state index in [1.165, 1.54) is 6.07 Å². The summed E-state index contributed by atoms with van der Waals surface area (Å²) in [6.07, 6.45) is -0.489. The van der Waals surface area contributed by atoms with Gasteiger partial charge in [-0.3, -0.25) is 4.79 Å². The molecule has 1 unspecified atom stereocenters. The molecule has 1 aromatic rings. The number of nitrogens with zero attached hydrogens (tertiary/aromatic N) is 1. The molecule has 1 aliphatic heterocycles. The molecule has 1 amide bonds. The van der Waals surface area contributed by atoms with Crippen molar-refractivity contribution >= 4 is 56.0 Å². The first-order chi connectivity index (χ1) is 8.70. The van der Waals surface area contributed by atoms with Gasteiger partial charge in [0.2, 0.25) is 5.91 Å². The number of halogens is 4. The number of carbonyl (C=O) groups is 1. The van der Waals surface area contributed by atoms with Gasteiger partial charge < -0.3 is 4.90 Å². The smallest absolute Gasteiger partial charge is 0.307 e. The van der Waals surface area contributed by atoms with Crippen LogP contribution >= 0.6 is 34.2 Å². The van der Waals surface area contributed by atoms with E-state index in [-0.39, 0.29) is 10.7 Å². The molecular weight excluding hydrogens is 415 g/mol. The number of anilines is 1. The first-order valence-electron chi connectivity index (χ1n) is 5.08. The molecule has 1 aromatic carbocycles. The van der Waals surface area contributed by atoms with Crippen molar-refractivity contribution in [1.82, 2.24) is 0 Å². The highest BCUT2D eigenvalue weighted by Gasteiger charge is 2.40. The van der Waals surface area contributed by atoms with E-state index in [2.05, 4.69) is 0 Å². The van der Waals surface area contributed by atoms with E-state index in [1.54, 1.807) is 22.6 Å². The lowest BCUT2D eigenvalue weighted by molar-refractivity contribution is -0.117. The zero-order valence-corrected chi connectivity index (χ0v) is 13.0. The molecule has 0 saturated carbocycles. The predicted octanol–water partition coefficient (Wildman–Crippen LogP) is 2.49. The lowest BCUT2D eigenvalue weighted by Gasteiger charge is -2.18. The molecule has 19 heavy (non-hydrogen) atoms. The maximum Gasteiger partial charge on any atom is 0.307 e. The number of benzene rings is 1. The van der Waals surface area contributed by atoms with Gasteiger partial charge in [-0.1, -0.05) is 11.6 Å². The second-order valence-corrected chi connectivity index (χ2v) is 7.24. The molecule has 1 fully saturated rings. The van der Waals surface area contributed by atoms with Gasteiger partial charge in [-0.05, 0) is 34.7 Å². The van der Waals surface area contributed by atoms with Crippen molar-refractivity contribution < 1.29 is 21.5 Å². The number of hydrogen-bond acceptors (Lipinski definition) is 3. The average Bonchev–Trinajstić information content (AvgIpc) is 2.59. The standard InChI is InChI=1S/C10H7ClF2INO3S/c11-5-1-7(12)10(8(14)2-5)15-4-6(3-9(15)16)19(13,17)18/h1-2,6H,3-4H2. The van der Waals surface area contributed by atoms with Crippen molar-refractivity contribution in [2.75, 3.05) is 11.4 Å². The molecule has 0 bridgehead atoms. The molecule has 104 valence electrons. The first-order valence-corrected chi connectivity index (χ1v) is 7.99. The van der Waals surface area contributed by atoms with E-state index >= 15 is 0 Å². The number of rotatable bonds is 2. The van der Waals surface area contributed by atoms with Crippen molar-refractivity contribution in [3.63, 3.8) is 0 Å². The molecular formula is C10H7ClF2INO3S.